The molecule has 1 aromatic rings. The van der Waals surface area contributed by atoms with Gasteiger partial charge in [-0.25, -0.2) is 14.8 Å². The van der Waals surface area contributed by atoms with Crippen LogP contribution in [0.3, 0.4) is 0 Å². The number of hydrogen-bond acceptors (Lipinski definition) is 5. The summed E-state index contributed by atoms with van der Waals surface area (Å²) in [6, 6.07) is -0.558. The Labute approximate surface area is 106 Å². The van der Waals surface area contributed by atoms with Crippen molar-refractivity contribution in [1.29, 1.82) is 0 Å². The molecular formula is C9H11IN4O2. The van der Waals surface area contributed by atoms with Crippen LogP contribution < -0.4 is 10.2 Å². The van der Waals surface area contributed by atoms with E-state index < -0.39 is 12.0 Å². The lowest BCUT2D eigenvalue weighted by Gasteiger charge is -2.34. The van der Waals surface area contributed by atoms with Crippen LogP contribution in [-0.4, -0.2) is 46.7 Å². The summed E-state index contributed by atoms with van der Waals surface area (Å²) < 4.78 is 0.869. The third-order valence-electron chi connectivity index (χ3n) is 2.45. The summed E-state index contributed by atoms with van der Waals surface area (Å²) in [4.78, 5) is 21.0. The first-order chi connectivity index (χ1) is 7.70. The molecule has 6 nitrogen and oxygen atoms in total. The number of carboxylic acids is 1. The number of nitrogens with zero attached hydrogens (tertiary/aromatic N) is 3. The van der Waals surface area contributed by atoms with Crippen LogP contribution in [0.25, 0.3) is 0 Å². The van der Waals surface area contributed by atoms with Gasteiger partial charge in [0, 0.05) is 25.8 Å². The molecule has 0 bridgehead atoms. The number of anilines is 1. The second kappa shape index (κ2) is 4.91. The highest BCUT2D eigenvalue weighted by Gasteiger charge is 2.30. The fourth-order valence-corrected chi connectivity index (χ4v) is 2.31. The standard InChI is InChI=1S/C9H11IN4O2/c10-6-3-12-5-13-8(6)14-2-1-11-4-7(14)9(15)16/h3,5,7,11H,1-2,4H2,(H,15,16). The Morgan fingerprint density at radius 3 is 3.19 bits per heavy atom. The summed E-state index contributed by atoms with van der Waals surface area (Å²) in [7, 11) is 0. The minimum atomic E-state index is -0.832. The maximum Gasteiger partial charge on any atom is 0.327 e. The van der Waals surface area contributed by atoms with Crippen LogP contribution in [-0.2, 0) is 4.79 Å². The minimum absolute atomic E-state index is 0.440. The third kappa shape index (κ3) is 2.24. The highest BCUT2D eigenvalue weighted by atomic mass is 127. The molecule has 0 radical (unpaired) electrons. The molecule has 86 valence electrons. The lowest BCUT2D eigenvalue weighted by atomic mass is 10.2. The van der Waals surface area contributed by atoms with Crippen LogP contribution in [0, 0.1) is 3.57 Å². The van der Waals surface area contributed by atoms with Gasteiger partial charge in [0.15, 0.2) is 0 Å². The Kier molecular flexibility index (Phi) is 3.54. The maximum absolute atomic E-state index is 11.1. The van der Waals surface area contributed by atoms with Crippen molar-refractivity contribution in [2.24, 2.45) is 0 Å². The van der Waals surface area contributed by atoms with E-state index in [0.717, 1.165) is 10.1 Å². The van der Waals surface area contributed by atoms with E-state index in [2.05, 4.69) is 37.9 Å². The van der Waals surface area contributed by atoms with Gasteiger partial charge in [-0.1, -0.05) is 0 Å². The lowest BCUT2D eigenvalue weighted by Crippen LogP contribution is -2.55. The zero-order valence-corrected chi connectivity index (χ0v) is 10.6. The summed E-state index contributed by atoms with van der Waals surface area (Å²) in [6.45, 7) is 1.85. The summed E-state index contributed by atoms with van der Waals surface area (Å²) in [5, 5.41) is 12.2. The zero-order chi connectivity index (χ0) is 11.5. The van der Waals surface area contributed by atoms with Gasteiger partial charge < -0.3 is 15.3 Å². The van der Waals surface area contributed by atoms with Crippen molar-refractivity contribution in [3.05, 3.63) is 16.1 Å². The highest BCUT2D eigenvalue weighted by Crippen LogP contribution is 2.21. The van der Waals surface area contributed by atoms with Crippen molar-refractivity contribution in [2.45, 2.75) is 6.04 Å². The van der Waals surface area contributed by atoms with Crippen LogP contribution in [0.5, 0.6) is 0 Å². The second-order valence-corrected chi connectivity index (χ2v) is 4.61. The van der Waals surface area contributed by atoms with Crippen LogP contribution in [0.4, 0.5) is 5.82 Å². The first kappa shape index (κ1) is 11.5. The number of nitrogens with one attached hydrogen (secondary N) is 1. The molecule has 7 heteroatoms. The SMILES string of the molecule is O=C(O)C1CNCCN1c1ncncc1I. The zero-order valence-electron chi connectivity index (χ0n) is 8.43. The van der Waals surface area contributed by atoms with E-state index in [1.165, 1.54) is 6.33 Å². The molecule has 0 aromatic carbocycles. The monoisotopic (exact) mass is 334 g/mol. The van der Waals surface area contributed by atoms with Crippen molar-refractivity contribution < 1.29 is 9.90 Å². The minimum Gasteiger partial charge on any atom is -0.480 e. The molecule has 16 heavy (non-hydrogen) atoms. The van der Waals surface area contributed by atoms with Gasteiger partial charge in [-0.15, -0.1) is 0 Å². The fraction of sp³-hybridized carbons (Fsp3) is 0.444. The number of aliphatic carboxylic acids is 1. The average Bonchev–Trinajstić information content (AvgIpc) is 2.29. The van der Waals surface area contributed by atoms with E-state index in [4.69, 9.17) is 5.11 Å². The highest BCUT2D eigenvalue weighted by molar-refractivity contribution is 14.1. The van der Waals surface area contributed by atoms with Crippen molar-refractivity contribution >= 4 is 34.4 Å². The third-order valence-corrected chi connectivity index (χ3v) is 3.21. The average molecular weight is 334 g/mol. The molecule has 2 N–H and O–H groups in total. The number of hydrogen-bond donors (Lipinski definition) is 2. The van der Waals surface area contributed by atoms with E-state index in [9.17, 15) is 4.79 Å². The van der Waals surface area contributed by atoms with E-state index in [1.807, 2.05) is 4.90 Å². The molecule has 1 aromatic heterocycles. The number of carboxylic acid groups (broad SMARTS) is 1. The van der Waals surface area contributed by atoms with Crippen LogP contribution in [0.2, 0.25) is 0 Å². The molecule has 0 aliphatic carbocycles. The number of piperazine rings is 1. The van der Waals surface area contributed by atoms with Gasteiger partial charge in [-0.3, -0.25) is 0 Å². The quantitative estimate of drug-likeness (QED) is 0.738. The van der Waals surface area contributed by atoms with Gasteiger partial charge in [0.2, 0.25) is 0 Å². The number of halogens is 1. The Bertz CT molecular complexity index is 401. The Hall–Kier alpha value is -0.960. The van der Waals surface area contributed by atoms with Crippen molar-refractivity contribution in [2.75, 3.05) is 24.5 Å². The van der Waals surface area contributed by atoms with Gasteiger partial charge in [0.25, 0.3) is 0 Å². The van der Waals surface area contributed by atoms with Gasteiger partial charge >= 0.3 is 5.97 Å². The molecule has 0 saturated carbocycles. The normalized spacial score (nSPS) is 20.8. The Balaban J connectivity index is 2.30. The van der Waals surface area contributed by atoms with Gasteiger partial charge in [0.05, 0.1) is 3.57 Å². The molecule has 1 atom stereocenters. The molecular weight excluding hydrogens is 323 g/mol. The van der Waals surface area contributed by atoms with Crippen LogP contribution in [0.1, 0.15) is 0 Å². The van der Waals surface area contributed by atoms with Crippen LogP contribution >= 0.6 is 22.6 Å². The second-order valence-electron chi connectivity index (χ2n) is 3.45. The van der Waals surface area contributed by atoms with E-state index in [1.54, 1.807) is 6.20 Å². The predicted molar refractivity (Wildman–Crippen MR) is 66.4 cm³/mol. The number of carbonyl (C=O) groups is 1. The Morgan fingerprint density at radius 1 is 1.69 bits per heavy atom. The summed E-state index contributed by atoms with van der Waals surface area (Å²) in [6.07, 6.45) is 3.13. The number of rotatable bonds is 2. The molecule has 0 spiro atoms. The molecule has 1 fully saturated rings. The van der Waals surface area contributed by atoms with Crippen molar-refractivity contribution in [1.82, 2.24) is 15.3 Å². The predicted octanol–water partition coefficient (Wildman–Crippen LogP) is -0.0560. The van der Waals surface area contributed by atoms with E-state index >= 15 is 0 Å². The summed E-state index contributed by atoms with van der Waals surface area (Å²) in [5.74, 6) is -0.133. The van der Waals surface area contributed by atoms with Crippen molar-refractivity contribution in [3.63, 3.8) is 0 Å². The Morgan fingerprint density at radius 2 is 2.50 bits per heavy atom. The molecule has 1 aliphatic heterocycles. The molecule has 2 rings (SSSR count). The summed E-state index contributed by atoms with van der Waals surface area (Å²) >= 11 is 2.12. The van der Waals surface area contributed by atoms with Gasteiger partial charge in [-0.05, 0) is 22.6 Å². The molecule has 0 amide bonds. The van der Waals surface area contributed by atoms with E-state index in [-0.39, 0.29) is 0 Å². The van der Waals surface area contributed by atoms with Gasteiger partial charge in [-0.2, -0.15) is 0 Å². The summed E-state index contributed by atoms with van der Waals surface area (Å²) in [5.41, 5.74) is 0. The maximum atomic E-state index is 11.1. The lowest BCUT2D eigenvalue weighted by molar-refractivity contribution is -0.138. The molecule has 1 aliphatic rings. The van der Waals surface area contributed by atoms with Gasteiger partial charge in [0.1, 0.15) is 18.2 Å². The fourth-order valence-electron chi connectivity index (χ4n) is 1.70. The first-order valence-corrected chi connectivity index (χ1v) is 5.93. The smallest absolute Gasteiger partial charge is 0.327 e. The first-order valence-electron chi connectivity index (χ1n) is 4.86. The van der Waals surface area contributed by atoms with E-state index in [0.29, 0.717) is 18.9 Å². The largest absolute Gasteiger partial charge is 0.480 e. The number of aromatic nitrogens is 2. The topological polar surface area (TPSA) is 78.4 Å². The van der Waals surface area contributed by atoms with Crippen molar-refractivity contribution in [3.8, 4) is 0 Å². The molecule has 1 unspecified atom stereocenters. The van der Waals surface area contributed by atoms with Crippen LogP contribution in [0.15, 0.2) is 12.5 Å². The molecule has 1 saturated heterocycles. The molecule has 2 heterocycles.